The van der Waals surface area contributed by atoms with Crippen LogP contribution in [-0.4, -0.2) is 25.0 Å². The molecule has 4 nitrogen and oxygen atoms in total. The topological polar surface area (TPSA) is 48.4 Å². The summed E-state index contributed by atoms with van der Waals surface area (Å²) in [5.74, 6) is 0.203. The van der Waals surface area contributed by atoms with Crippen LogP contribution in [0.4, 0.5) is 4.39 Å². The van der Waals surface area contributed by atoms with Crippen molar-refractivity contribution in [3.63, 3.8) is 0 Å². The molecule has 0 spiro atoms. The van der Waals surface area contributed by atoms with E-state index in [1.165, 1.54) is 26.4 Å². The maximum absolute atomic E-state index is 13.6. The predicted molar refractivity (Wildman–Crippen MR) is 76.2 cm³/mol. The SMILES string of the molecule is COc1ccc(CC(=O)Cc2ccc(OC)c(F)c2)cn1. The number of methoxy groups -OCH3 is 2. The zero-order valence-corrected chi connectivity index (χ0v) is 11.9. The lowest BCUT2D eigenvalue weighted by atomic mass is 10.0. The molecule has 0 amide bonds. The fourth-order valence-corrected chi connectivity index (χ4v) is 1.97. The summed E-state index contributed by atoms with van der Waals surface area (Å²) >= 11 is 0. The molecule has 2 rings (SSSR count). The molecule has 0 saturated heterocycles. The average Bonchev–Trinajstić information content (AvgIpc) is 2.48. The van der Waals surface area contributed by atoms with Crippen molar-refractivity contribution in [1.29, 1.82) is 0 Å². The van der Waals surface area contributed by atoms with Crippen molar-refractivity contribution in [2.45, 2.75) is 12.8 Å². The van der Waals surface area contributed by atoms with E-state index in [9.17, 15) is 9.18 Å². The van der Waals surface area contributed by atoms with Gasteiger partial charge in [-0.1, -0.05) is 12.1 Å². The van der Waals surface area contributed by atoms with Crippen LogP contribution >= 0.6 is 0 Å². The summed E-state index contributed by atoms with van der Waals surface area (Å²) in [5.41, 5.74) is 1.43. The largest absolute Gasteiger partial charge is 0.494 e. The molecule has 5 heteroatoms. The van der Waals surface area contributed by atoms with Crippen molar-refractivity contribution in [3.05, 3.63) is 53.5 Å². The molecular formula is C16H16FNO3. The molecule has 1 aromatic carbocycles. The summed E-state index contributed by atoms with van der Waals surface area (Å²) in [7, 11) is 2.94. The van der Waals surface area contributed by atoms with E-state index in [1.54, 1.807) is 24.4 Å². The van der Waals surface area contributed by atoms with Crippen LogP contribution in [0, 0.1) is 5.82 Å². The van der Waals surface area contributed by atoms with Crippen LogP contribution in [0.1, 0.15) is 11.1 Å². The minimum absolute atomic E-state index is 0.00784. The van der Waals surface area contributed by atoms with E-state index in [-0.39, 0.29) is 24.4 Å². The number of rotatable bonds is 6. The lowest BCUT2D eigenvalue weighted by molar-refractivity contribution is -0.117. The molecule has 0 aliphatic rings. The van der Waals surface area contributed by atoms with E-state index in [4.69, 9.17) is 9.47 Å². The molecular weight excluding hydrogens is 273 g/mol. The number of carbonyl (C=O) groups is 1. The number of hydrogen-bond acceptors (Lipinski definition) is 4. The average molecular weight is 289 g/mol. The number of pyridine rings is 1. The Kier molecular flexibility index (Phi) is 4.87. The van der Waals surface area contributed by atoms with Crippen LogP contribution < -0.4 is 9.47 Å². The number of hydrogen-bond donors (Lipinski definition) is 0. The van der Waals surface area contributed by atoms with Gasteiger partial charge in [-0.3, -0.25) is 4.79 Å². The van der Waals surface area contributed by atoms with E-state index in [2.05, 4.69) is 4.98 Å². The van der Waals surface area contributed by atoms with Crippen molar-refractivity contribution in [2.24, 2.45) is 0 Å². The summed E-state index contributed by atoms with van der Waals surface area (Å²) in [6.45, 7) is 0. The smallest absolute Gasteiger partial charge is 0.212 e. The maximum atomic E-state index is 13.6. The Hall–Kier alpha value is -2.43. The molecule has 0 atom stereocenters. The maximum Gasteiger partial charge on any atom is 0.212 e. The zero-order chi connectivity index (χ0) is 15.2. The highest BCUT2D eigenvalue weighted by atomic mass is 19.1. The van der Waals surface area contributed by atoms with Gasteiger partial charge in [0.25, 0.3) is 0 Å². The number of carbonyl (C=O) groups excluding carboxylic acids is 1. The lowest BCUT2D eigenvalue weighted by Crippen LogP contribution is -2.07. The van der Waals surface area contributed by atoms with Crippen molar-refractivity contribution in [1.82, 2.24) is 4.98 Å². The Labute approximate surface area is 122 Å². The lowest BCUT2D eigenvalue weighted by Gasteiger charge is -2.05. The van der Waals surface area contributed by atoms with Crippen LogP contribution in [0.5, 0.6) is 11.6 Å². The van der Waals surface area contributed by atoms with Crippen LogP contribution in [0.15, 0.2) is 36.5 Å². The van der Waals surface area contributed by atoms with Crippen LogP contribution in [0.3, 0.4) is 0 Å². The molecule has 0 aliphatic carbocycles. The number of ether oxygens (including phenoxy) is 2. The summed E-state index contributed by atoms with van der Waals surface area (Å²) in [6.07, 6.45) is 2.03. The highest BCUT2D eigenvalue weighted by molar-refractivity contribution is 5.83. The Morgan fingerprint density at radius 3 is 2.38 bits per heavy atom. The molecule has 0 radical (unpaired) electrons. The summed E-state index contributed by atoms with van der Waals surface area (Å²) < 4.78 is 23.3. The van der Waals surface area contributed by atoms with Gasteiger partial charge in [-0.25, -0.2) is 9.37 Å². The van der Waals surface area contributed by atoms with Crippen LogP contribution in [0.25, 0.3) is 0 Å². The first-order chi connectivity index (χ1) is 10.1. The molecule has 2 aromatic rings. The van der Waals surface area contributed by atoms with Gasteiger partial charge >= 0.3 is 0 Å². The third-order valence-corrected chi connectivity index (χ3v) is 3.03. The molecule has 0 fully saturated rings. The van der Waals surface area contributed by atoms with E-state index in [0.717, 1.165) is 5.56 Å². The van der Waals surface area contributed by atoms with Crippen molar-refractivity contribution in [2.75, 3.05) is 14.2 Å². The molecule has 1 aromatic heterocycles. The Morgan fingerprint density at radius 1 is 1.10 bits per heavy atom. The van der Waals surface area contributed by atoms with Crippen molar-refractivity contribution in [3.8, 4) is 11.6 Å². The number of aromatic nitrogens is 1. The molecule has 110 valence electrons. The molecule has 1 heterocycles. The number of halogens is 1. The second-order valence-corrected chi connectivity index (χ2v) is 4.57. The third kappa shape index (κ3) is 4.02. The van der Waals surface area contributed by atoms with E-state index >= 15 is 0 Å². The number of ketones is 1. The second-order valence-electron chi connectivity index (χ2n) is 4.57. The summed E-state index contributed by atoms with van der Waals surface area (Å²) in [5, 5.41) is 0. The zero-order valence-electron chi connectivity index (χ0n) is 11.9. The van der Waals surface area contributed by atoms with Gasteiger partial charge < -0.3 is 9.47 Å². The Bertz CT molecular complexity index is 626. The second kappa shape index (κ2) is 6.83. The quantitative estimate of drug-likeness (QED) is 0.820. The number of nitrogens with zero attached hydrogens (tertiary/aromatic N) is 1. The van der Waals surface area contributed by atoms with Gasteiger partial charge in [-0.15, -0.1) is 0 Å². The van der Waals surface area contributed by atoms with E-state index < -0.39 is 5.82 Å². The van der Waals surface area contributed by atoms with E-state index in [0.29, 0.717) is 11.4 Å². The van der Waals surface area contributed by atoms with Crippen LogP contribution in [-0.2, 0) is 17.6 Å². The van der Waals surface area contributed by atoms with E-state index in [1.807, 2.05) is 0 Å². The van der Waals surface area contributed by atoms with Crippen molar-refractivity contribution < 1.29 is 18.7 Å². The van der Waals surface area contributed by atoms with Crippen molar-refractivity contribution >= 4 is 5.78 Å². The summed E-state index contributed by atoms with van der Waals surface area (Å²) in [4.78, 5) is 16.0. The van der Waals surface area contributed by atoms with Gasteiger partial charge in [0, 0.05) is 25.1 Å². The van der Waals surface area contributed by atoms with Gasteiger partial charge in [-0.05, 0) is 23.3 Å². The highest BCUT2D eigenvalue weighted by Gasteiger charge is 2.09. The first kappa shape index (κ1) is 15.0. The minimum Gasteiger partial charge on any atom is -0.494 e. The van der Waals surface area contributed by atoms with Gasteiger partial charge in [0.15, 0.2) is 11.6 Å². The fourth-order valence-electron chi connectivity index (χ4n) is 1.97. The standard InChI is InChI=1S/C16H16FNO3/c1-20-15-5-3-11(9-14(15)17)7-13(19)8-12-4-6-16(21-2)18-10-12/h3-6,9-10H,7-8H2,1-2H3. The molecule has 0 N–H and O–H groups in total. The van der Waals surface area contributed by atoms with Gasteiger partial charge in [0.05, 0.1) is 14.2 Å². The fraction of sp³-hybridized carbons (Fsp3) is 0.250. The molecule has 0 bridgehead atoms. The first-order valence-corrected chi connectivity index (χ1v) is 6.45. The minimum atomic E-state index is -0.464. The molecule has 0 aliphatic heterocycles. The van der Waals surface area contributed by atoms with Crippen LogP contribution in [0.2, 0.25) is 0 Å². The summed E-state index contributed by atoms with van der Waals surface area (Å²) in [6, 6.07) is 8.02. The van der Waals surface area contributed by atoms with Gasteiger partial charge in [0.2, 0.25) is 5.88 Å². The predicted octanol–water partition coefficient (Wildman–Crippen LogP) is 2.59. The number of Topliss-reactive ketones (excluding diaryl/α,β-unsaturated/α-hetero) is 1. The number of benzene rings is 1. The van der Waals surface area contributed by atoms with Gasteiger partial charge in [0.1, 0.15) is 5.78 Å². The molecule has 21 heavy (non-hydrogen) atoms. The normalized spacial score (nSPS) is 10.2. The highest BCUT2D eigenvalue weighted by Crippen LogP contribution is 2.18. The van der Waals surface area contributed by atoms with Gasteiger partial charge in [-0.2, -0.15) is 0 Å². The molecule has 0 unspecified atom stereocenters. The first-order valence-electron chi connectivity index (χ1n) is 6.45. The third-order valence-electron chi connectivity index (χ3n) is 3.03. The monoisotopic (exact) mass is 289 g/mol. The Balaban J connectivity index is 1.99. The molecule has 0 saturated carbocycles. The Morgan fingerprint density at radius 2 is 1.81 bits per heavy atom.